The van der Waals surface area contributed by atoms with Crippen molar-refractivity contribution < 1.29 is 18.3 Å². The van der Waals surface area contributed by atoms with E-state index in [0.29, 0.717) is 5.82 Å². The summed E-state index contributed by atoms with van der Waals surface area (Å²) < 4.78 is 29.0. The van der Waals surface area contributed by atoms with Crippen LogP contribution in [0.15, 0.2) is 30.5 Å². The second kappa shape index (κ2) is 7.16. The van der Waals surface area contributed by atoms with Gasteiger partial charge >= 0.3 is 6.61 Å². The van der Waals surface area contributed by atoms with E-state index in [9.17, 15) is 13.6 Å². The number of hydrogen-bond donors (Lipinski definition) is 1. The van der Waals surface area contributed by atoms with Gasteiger partial charge in [0.2, 0.25) is 0 Å². The summed E-state index contributed by atoms with van der Waals surface area (Å²) in [5.74, 6) is -0.215. The minimum atomic E-state index is -3.01. The molecule has 0 atom stereocenters. The minimum absolute atomic E-state index is 0.0617. The van der Waals surface area contributed by atoms with Crippen LogP contribution in [0.3, 0.4) is 0 Å². The summed E-state index contributed by atoms with van der Waals surface area (Å²) in [4.78, 5) is 18.1. The van der Waals surface area contributed by atoms with Crippen LogP contribution in [0.1, 0.15) is 23.3 Å². The number of halogens is 2. The predicted octanol–water partition coefficient (Wildman–Crippen LogP) is 2.33. The van der Waals surface area contributed by atoms with Crippen molar-refractivity contribution >= 4 is 17.5 Å². The maximum atomic E-state index is 12.4. The lowest BCUT2D eigenvalue weighted by Gasteiger charge is -2.15. The van der Waals surface area contributed by atoms with Crippen LogP contribution in [-0.4, -0.2) is 40.8 Å². The van der Waals surface area contributed by atoms with Crippen molar-refractivity contribution in [1.82, 2.24) is 15.2 Å². The van der Waals surface area contributed by atoms with Crippen molar-refractivity contribution in [3.63, 3.8) is 0 Å². The van der Waals surface area contributed by atoms with Gasteiger partial charge in [0.05, 0.1) is 0 Å². The van der Waals surface area contributed by atoms with Gasteiger partial charge in [-0.05, 0) is 37.1 Å². The third kappa shape index (κ3) is 3.73. The Morgan fingerprint density at radius 1 is 1.21 bits per heavy atom. The van der Waals surface area contributed by atoms with Crippen LogP contribution in [0.5, 0.6) is 5.75 Å². The average Bonchev–Trinajstić information content (AvgIpc) is 3.11. The molecule has 1 aliphatic rings. The lowest BCUT2D eigenvalue weighted by atomic mass is 10.3. The number of carbonyl (C=O) groups excluding carboxylic acids is 1. The Bertz CT molecular complexity index is 705. The molecule has 0 spiro atoms. The zero-order valence-corrected chi connectivity index (χ0v) is 12.7. The number of carbonyl (C=O) groups is 1. The molecule has 7 nitrogen and oxygen atoms in total. The Morgan fingerprint density at radius 3 is 2.67 bits per heavy atom. The fourth-order valence-electron chi connectivity index (χ4n) is 2.41. The lowest BCUT2D eigenvalue weighted by Crippen LogP contribution is -2.21. The molecule has 9 heteroatoms. The lowest BCUT2D eigenvalue weighted by molar-refractivity contribution is -0.0495. The number of aromatic nitrogens is 3. The van der Waals surface area contributed by atoms with Gasteiger partial charge in [0.25, 0.3) is 5.91 Å². The fraction of sp³-hybridized carbons (Fsp3) is 0.333. The molecule has 126 valence electrons. The van der Waals surface area contributed by atoms with E-state index < -0.39 is 12.5 Å². The zero-order valence-electron chi connectivity index (χ0n) is 12.7. The molecule has 3 heterocycles. The Kier molecular flexibility index (Phi) is 4.78. The van der Waals surface area contributed by atoms with Crippen molar-refractivity contribution in [3.8, 4) is 5.75 Å². The SMILES string of the molecule is O=C(Nc1ncccc1OC(F)F)c1ccc(N2CCCC2)nn1. The smallest absolute Gasteiger partial charge is 0.387 e. The van der Waals surface area contributed by atoms with Crippen LogP contribution in [0.25, 0.3) is 0 Å². The van der Waals surface area contributed by atoms with Gasteiger partial charge < -0.3 is 15.0 Å². The van der Waals surface area contributed by atoms with E-state index in [1.165, 1.54) is 24.4 Å². The largest absolute Gasteiger partial charge is 0.431 e. The van der Waals surface area contributed by atoms with Crippen LogP contribution in [0.2, 0.25) is 0 Å². The molecule has 0 saturated carbocycles. The second-order valence-corrected chi connectivity index (χ2v) is 5.15. The van der Waals surface area contributed by atoms with Gasteiger partial charge in [-0.15, -0.1) is 10.2 Å². The molecule has 24 heavy (non-hydrogen) atoms. The second-order valence-electron chi connectivity index (χ2n) is 5.15. The first kappa shape index (κ1) is 16.0. The first-order chi connectivity index (χ1) is 11.6. The highest BCUT2D eigenvalue weighted by Gasteiger charge is 2.17. The van der Waals surface area contributed by atoms with Gasteiger partial charge in [-0.2, -0.15) is 8.78 Å². The van der Waals surface area contributed by atoms with E-state index in [2.05, 4.69) is 30.1 Å². The molecule has 0 bridgehead atoms. The van der Waals surface area contributed by atoms with Crippen LogP contribution in [0, 0.1) is 0 Å². The van der Waals surface area contributed by atoms with Gasteiger partial charge in [-0.25, -0.2) is 4.98 Å². The van der Waals surface area contributed by atoms with E-state index in [1.54, 1.807) is 6.07 Å². The standard InChI is InChI=1S/C15H15F2N5O2/c16-15(17)24-11-4-3-7-18-13(11)19-14(23)10-5-6-12(21-20-10)22-8-1-2-9-22/h3-7,15H,1-2,8-9H2,(H,18,19,23). The molecule has 0 unspecified atom stereocenters. The first-order valence-electron chi connectivity index (χ1n) is 7.43. The summed E-state index contributed by atoms with van der Waals surface area (Å²) in [6.07, 6.45) is 3.57. The molecule has 1 aliphatic heterocycles. The highest BCUT2D eigenvalue weighted by atomic mass is 19.3. The number of ether oxygens (including phenoxy) is 1. The predicted molar refractivity (Wildman–Crippen MR) is 82.3 cm³/mol. The van der Waals surface area contributed by atoms with Crippen molar-refractivity contribution in [1.29, 1.82) is 0 Å². The zero-order chi connectivity index (χ0) is 16.9. The Balaban J connectivity index is 1.71. The molecule has 0 radical (unpaired) electrons. The van der Waals surface area contributed by atoms with E-state index in [0.717, 1.165) is 25.9 Å². The van der Waals surface area contributed by atoms with Crippen molar-refractivity contribution in [3.05, 3.63) is 36.2 Å². The average molecular weight is 335 g/mol. The van der Waals surface area contributed by atoms with Crippen LogP contribution in [-0.2, 0) is 0 Å². The van der Waals surface area contributed by atoms with Crippen molar-refractivity contribution in [2.45, 2.75) is 19.5 Å². The number of nitrogens with one attached hydrogen (secondary N) is 1. The molecule has 1 fully saturated rings. The number of nitrogens with zero attached hydrogens (tertiary/aromatic N) is 4. The molecule has 1 amide bonds. The van der Waals surface area contributed by atoms with E-state index in [1.807, 2.05) is 0 Å². The molecule has 3 rings (SSSR count). The molecule has 1 N–H and O–H groups in total. The maximum Gasteiger partial charge on any atom is 0.387 e. The number of anilines is 2. The molecule has 2 aromatic rings. The monoisotopic (exact) mass is 335 g/mol. The number of rotatable bonds is 5. The highest BCUT2D eigenvalue weighted by molar-refractivity contribution is 6.02. The summed E-state index contributed by atoms with van der Waals surface area (Å²) in [7, 11) is 0. The van der Waals surface area contributed by atoms with Gasteiger partial charge in [0, 0.05) is 19.3 Å². The molecular formula is C15H15F2N5O2. The van der Waals surface area contributed by atoms with Crippen molar-refractivity contribution in [2.75, 3.05) is 23.3 Å². The summed E-state index contributed by atoms with van der Waals surface area (Å²) in [5, 5.41) is 10.3. The highest BCUT2D eigenvalue weighted by Crippen LogP contribution is 2.23. The Labute approximate surface area is 136 Å². The molecule has 0 aliphatic carbocycles. The quantitative estimate of drug-likeness (QED) is 0.903. The van der Waals surface area contributed by atoms with Crippen molar-refractivity contribution in [2.24, 2.45) is 0 Å². The summed E-state index contributed by atoms with van der Waals surface area (Å²) in [5.41, 5.74) is 0.0617. The van der Waals surface area contributed by atoms with Gasteiger partial charge in [-0.3, -0.25) is 4.79 Å². The third-order valence-corrected chi connectivity index (χ3v) is 3.53. The molecule has 0 aromatic carbocycles. The number of alkyl halides is 2. The number of pyridine rings is 1. The van der Waals surface area contributed by atoms with E-state index in [4.69, 9.17) is 0 Å². The van der Waals surface area contributed by atoms with E-state index in [-0.39, 0.29) is 17.3 Å². The topological polar surface area (TPSA) is 80.2 Å². The normalized spacial score (nSPS) is 14.0. The molecule has 1 saturated heterocycles. The Morgan fingerprint density at radius 2 is 2.00 bits per heavy atom. The van der Waals surface area contributed by atoms with Gasteiger partial charge in [-0.1, -0.05) is 0 Å². The fourth-order valence-corrected chi connectivity index (χ4v) is 2.41. The summed E-state index contributed by atoms with van der Waals surface area (Å²) >= 11 is 0. The molecule has 2 aromatic heterocycles. The summed E-state index contributed by atoms with van der Waals surface area (Å²) in [6.45, 7) is -1.17. The van der Waals surface area contributed by atoms with Crippen LogP contribution in [0.4, 0.5) is 20.4 Å². The maximum absolute atomic E-state index is 12.4. The first-order valence-corrected chi connectivity index (χ1v) is 7.43. The number of hydrogen-bond acceptors (Lipinski definition) is 6. The Hall–Kier alpha value is -2.84. The number of amides is 1. The minimum Gasteiger partial charge on any atom is -0.431 e. The van der Waals surface area contributed by atoms with Gasteiger partial charge in [0.15, 0.2) is 23.1 Å². The third-order valence-electron chi connectivity index (χ3n) is 3.53. The van der Waals surface area contributed by atoms with Crippen LogP contribution < -0.4 is 15.0 Å². The van der Waals surface area contributed by atoms with Gasteiger partial charge in [0.1, 0.15) is 0 Å². The van der Waals surface area contributed by atoms with Crippen LogP contribution >= 0.6 is 0 Å². The van der Waals surface area contributed by atoms with E-state index >= 15 is 0 Å². The molecular weight excluding hydrogens is 320 g/mol. The summed E-state index contributed by atoms with van der Waals surface area (Å²) in [6, 6.07) is 5.96.